The largest absolute Gasteiger partial charge is 0.355 e. The third-order valence-electron chi connectivity index (χ3n) is 5.04. The number of fused-ring (bicyclic) bond motifs is 1. The van der Waals surface area contributed by atoms with Crippen molar-refractivity contribution < 1.29 is 9.59 Å². The maximum atomic E-state index is 12.3. The van der Waals surface area contributed by atoms with Crippen molar-refractivity contribution >= 4 is 23.2 Å². The van der Waals surface area contributed by atoms with E-state index in [1.54, 1.807) is 0 Å². The summed E-state index contributed by atoms with van der Waals surface area (Å²) in [4.78, 5) is 32.2. The second-order valence-electron chi connectivity index (χ2n) is 6.90. The summed E-state index contributed by atoms with van der Waals surface area (Å²) in [5.41, 5.74) is 1.28. The van der Waals surface area contributed by atoms with E-state index in [2.05, 4.69) is 5.32 Å². The van der Waals surface area contributed by atoms with Crippen LogP contribution in [-0.2, 0) is 28.9 Å². The minimum atomic E-state index is -0.160. The highest BCUT2D eigenvalue weighted by molar-refractivity contribution is 7.11. The first kappa shape index (κ1) is 15.1. The number of aromatic nitrogens is 1. The molecule has 124 valence electrons. The molecule has 0 spiro atoms. The molecule has 1 aromatic heterocycles. The van der Waals surface area contributed by atoms with Gasteiger partial charge < -0.3 is 10.2 Å². The number of nitrogens with one attached hydrogen (secondary N) is 1. The van der Waals surface area contributed by atoms with Crippen LogP contribution in [0, 0.1) is 5.92 Å². The van der Waals surface area contributed by atoms with Crippen LogP contribution in [0.4, 0.5) is 0 Å². The van der Waals surface area contributed by atoms with Crippen molar-refractivity contribution in [3.05, 3.63) is 15.6 Å². The molecule has 2 amide bonds. The molecule has 4 rings (SSSR count). The summed E-state index contributed by atoms with van der Waals surface area (Å²) in [6.45, 7) is 1.24. The summed E-state index contributed by atoms with van der Waals surface area (Å²) < 4.78 is 0. The first-order chi connectivity index (χ1) is 11.2. The van der Waals surface area contributed by atoms with Crippen LogP contribution in [0.5, 0.6) is 0 Å². The number of aryl methyl sites for hydroxylation is 2. The Kier molecular flexibility index (Phi) is 4.09. The third-order valence-corrected chi connectivity index (χ3v) is 6.26. The van der Waals surface area contributed by atoms with E-state index < -0.39 is 0 Å². The van der Waals surface area contributed by atoms with Gasteiger partial charge in [0.2, 0.25) is 11.8 Å². The monoisotopic (exact) mass is 333 g/mol. The minimum absolute atomic E-state index is 0.0304. The molecule has 6 heteroatoms. The number of hydrogen-bond acceptors (Lipinski definition) is 4. The highest BCUT2D eigenvalue weighted by Gasteiger charge is 2.41. The number of nitrogens with zero attached hydrogens (tertiary/aromatic N) is 2. The van der Waals surface area contributed by atoms with Gasteiger partial charge in [0.1, 0.15) is 0 Å². The lowest BCUT2D eigenvalue weighted by atomic mass is 10.0. The maximum Gasteiger partial charge on any atom is 0.225 e. The zero-order chi connectivity index (χ0) is 15.8. The van der Waals surface area contributed by atoms with Gasteiger partial charge >= 0.3 is 0 Å². The SMILES string of the molecule is O=C(NCCc1nc2c(s1)CCCC2)[C@H]1CC(=O)N(C2CC2)C1. The molecule has 1 N–H and O–H groups in total. The average Bonchev–Trinajstić information content (AvgIpc) is 3.18. The summed E-state index contributed by atoms with van der Waals surface area (Å²) in [6, 6.07) is 0.418. The van der Waals surface area contributed by atoms with Crippen molar-refractivity contribution in [3.63, 3.8) is 0 Å². The Bertz CT molecular complexity index is 600. The highest BCUT2D eigenvalue weighted by atomic mass is 32.1. The molecule has 1 saturated heterocycles. The minimum Gasteiger partial charge on any atom is -0.355 e. The number of likely N-dealkylation sites (tertiary alicyclic amines) is 1. The predicted molar refractivity (Wildman–Crippen MR) is 88.3 cm³/mol. The topological polar surface area (TPSA) is 62.3 Å². The third kappa shape index (κ3) is 3.27. The van der Waals surface area contributed by atoms with Crippen molar-refractivity contribution in [1.29, 1.82) is 0 Å². The Labute approximate surface area is 140 Å². The van der Waals surface area contributed by atoms with Gasteiger partial charge in [-0.15, -0.1) is 11.3 Å². The Morgan fingerprint density at radius 3 is 2.91 bits per heavy atom. The van der Waals surface area contributed by atoms with Gasteiger partial charge in [-0.2, -0.15) is 0 Å². The molecule has 1 aromatic rings. The second kappa shape index (κ2) is 6.23. The number of carbonyl (C=O) groups is 2. The summed E-state index contributed by atoms with van der Waals surface area (Å²) in [5, 5.41) is 4.14. The molecule has 1 aliphatic heterocycles. The molecule has 0 unspecified atom stereocenters. The number of amides is 2. The molecule has 0 aromatic carbocycles. The standard InChI is InChI=1S/C17H23N3O2S/c21-16-9-11(10-20(16)12-5-6-12)17(22)18-8-7-15-19-13-3-1-2-4-14(13)23-15/h11-12H,1-10H2,(H,18,22)/t11-/m0/s1. The van der Waals surface area contributed by atoms with Gasteiger partial charge in [0, 0.05) is 36.9 Å². The normalized spacial score (nSPS) is 23.9. The highest BCUT2D eigenvalue weighted by Crippen LogP contribution is 2.32. The van der Waals surface area contributed by atoms with Gasteiger partial charge in [-0.1, -0.05) is 0 Å². The first-order valence-corrected chi connectivity index (χ1v) is 9.57. The Morgan fingerprint density at radius 2 is 2.13 bits per heavy atom. The summed E-state index contributed by atoms with van der Waals surface area (Å²) in [6.07, 6.45) is 8.20. The molecular weight excluding hydrogens is 310 g/mol. The van der Waals surface area contributed by atoms with Gasteiger partial charge in [0.15, 0.2) is 0 Å². The Morgan fingerprint density at radius 1 is 1.30 bits per heavy atom. The summed E-state index contributed by atoms with van der Waals surface area (Å²) >= 11 is 1.81. The lowest BCUT2D eigenvalue weighted by Crippen LogP contribution is -2.34. The Hall–Kier alpha value is -1.43. The fraction of sp³-hybridized carbons (Fsp3) is 0.706. The van der Waals surface area contributed by atoms with Crippen LogP contribution in [0.3, 0.4) is 0 Å². The van der Waals surface area contributed by atoms with E-state index in [0.717, 1.165) is 30.7 Å². The van der Waals surface area contributed by atoms with Gasteiger partial charge in [-0.05, 0) is 38.5 Å². The number of carbonyl (C=O) groups excluding carboxylic acids is 2. The lowest BCUT2D eigenvalue weighted by Gasteiger charge is -2.15. The fourth-order valence-electron chi connectivity index (χ4n) is 3.60. The zero-order valence-electron chi connectivity index (χ0n) is 13.3. The van der Waals surface area contributed by atoms with Gasteiger partial charge in [-0.25, -0.2) is 4.98 Å². The summed E-state index contributed by atoms with van der Waals surface area (Å²) in [7, 11) is 0. The number of hydrogen-bond donors (Lipinski definition) is 1. The fourth-order valence-corrected chi connectivity index (χ4v) is 4.75. The van der Waals surface area contributed by atoms with Crippen LogP contribution in [0.25, 0.3) is 0 Å². The zero-order valence-corrected chi connectivity index (χ0v) is 14.2. The van der Waals surface area contributed by atoms with E-state index in [9.17, 15) is 9.59 Å². The molecule has 2 heterocycles. The Balaban J connectivity index is 1.25. The molecule has 0 bridgehead atoms. The maximum absolute atomic E-state index is 12.3. The van der Waals surface area contributed by atoms with Crippen molar-refractivity contribution in [2.24, 2.45) is 5.92 Å². The van der Waals surface area contributed by atoms with Crippen LogP contribution >= 0.6 is 11.3 Å². The lowest BCUT2D eigenvalue weighted by molar-refractivity contribution is -0.129. The molecule has 1 atom stereocenters. The second-order valence-corrected chi connectivity index (χ2v) is 8.07. The van der Waals surface area contributed by atoms with Gasteiger partial charge in [0.25, 0.3) is 0 Å². The molecule has 23 heavy (non-hydrogen) atoms. The van der Waals surface area contributed by atoms with Crippen LogP contribution in [0.15, 0.2) is 0 Å². The molecule has 5 nitrogen and oxygen atoms in total. The predicted octanol–water partition coefficient (Wildman–Crippen LogP) is 1.69. The van der Waals surface area contributed by atoms with Crippen molar-refractivity contribution in [3.8, 4) is 0 Å². The summed E-state index contributed by atoms with van der Waals surface area (Å²) in [5.74, 6) is 0.0238. The number of rotatable bonds is 5. The molecule has 2 fully saturated rings. The van der Waals surface area contributed by atoms with Crippen LogP contribution in [0.2, 0.25) is 0 Å². The van der Waals surface area contributed by atoms with E-state index in [0.29, 0.717) is 25.6 Å². The van der Waals surface area contributed by atoms with E-state index in [4.69, 9.17) is 4.98 Å². The van der Waals surface area contributed by atoms with Crippen molar-refractivity contribution in [2.45, 2.75) is 57.4 Å². The van der Waals surface area contributed by atoms with Crippen LogP contribution in [-0.4, -0.2) is 40.8 Å². The molecule has 2 aliphatic carbocycles. The average molecular weight is 333 g/mol. The van der Waals surface area contributed by atoms with E-state index in [-0.39, 0.29) is 17.7 Å². The van der Waals surface area contributed by atoms with Crippen LogP contribution in [0.1, 0.15) is 47.7 Å². The van der Waals surface area contributed by atoms with Gasteiger partial charge in [-0.3, -0.25) is 9.59 Å². The van der Waals surface area contributed by atoms with Crippen LogP contribution < -0.4 is 5.32 Å². The quantitative estimate of drug-likeness (QED) is 0.892. The molecule has 1 saturated carbocycles. The van der Waals surface area contributed by atoms with E-state index in [1.165, 1.54) is 29.8 Å². The number of thiazole rings is 1. The van der Waals surface area contributed by atoms with E-state index in [1.807, 2.05) is 16.2 Å². The molecule has 0 radical (unpaired) electrons. The first-order valence-electron chi connectivity index (χ1n) is 8.75. The van der Waals surface area contributed by atoms with Crippen molar-refractivity contribution in [1.82, 2.24) is 15.2 Å². The molecule has 3 aliphatic rings. The van der Waals surface area contributed by atoms with E-state index >= 15 is 0 Å². The van der Waals surface area contributed by atoms with Gasteiger partial charge in [0.05, 0.1) is 16.6 Å². The molecular formula is C17H23N3O2S. The van der Waals surface area contributed by atoms with Crippen molar-refractivity contribution in [2.75, 3.05) is 13.1 Å². The smallest absolute Gasteiger partial charge is 0.225 e.